The molecule has 0 heterocycles. The van der Waals surface area contributed by atoms with Gasteiger partial charge in [-0.25, -0.2) is 9.59 Å². The second kappa shape index (κ2) is 18.6. The second-order valence-corrected chi connectivity index (χ2v) is 6.13. The number of unbranched alkanes of at least 4 members (excludes halogenated alkanes) is 3. The Labute approximate surface area is 167 Å². The molecule has 2 N–H and O–H groups in total. The lowest BCUT2D eigenvalue weighted by molar-refractivity contribution is -0.142. The van der Waals surface area contributed by atoms with E-state index in [1.54, 1.807) is 26.0 Å². The van der Waals surface area contributed by atoms with Gasteiger partial charge < -0.3 is 29.2 Å². The molecule has 2 atom stereocenters. The molecule has 0 saturated carbocycles. The van der Waals surface area contributed by atoms with Gasteiger partial charge in [-0.05, 0) is 26.7 Å². The molecule has 2 unspecified atom stereocenters. The summed E-state index contributed by atoms with van der Waals surface area (Å²) in [6.45, 7) is 4.56. The van der Waals surface area contributed by atoms with E-state index in [0.717, 1.165) is 25.7 Å². The Hall–Kier alpha value is -1.74. The molecule has 0 amide bonds. The van der Waals surface area contributed by atoms with Crippen molar-refractivity contribution >= 4 is 11.9 Å². The van der Waals surface area contributed by atoms with Gasteiger partial charge in [-0.1, -0.05) is 25.0 Å². The first-order chi connectivity index (χ1) is 13.5. The Morgan fingerprint density at radius 1 is 0.714 bits per heavy atom. The molecule has 0 fully saturated rings. The fourth-order valence-electron chi connectivity index (χ4n) is 2.02. The number of carbonyl (C=O) groups is 2. The molecule has 0 rings (SSSR count). The van der Waals surface area contributed by atoms with Crippen molar-refractivity contribution in [1.82, 2.24) is 0 Å². The van der Waals surface area contributed by atoms with E-state index in [2.05, 4.69) is 0 Å². The summed E-state index contributed by atoms with van der Waals surface area (Å²) in [6, 6.07) is 0. The summed E-state index contributed by atoms with van der Waals surface area (Å²) < 4.78 is 20.3. The number of ether oxygens (including phenoxy) is 4. The lowest BCUT2D eigenvalue weighted by Gasteiger charge is -2.12. The van der Waals surface area contributed by atoms with Crippen LogP contribution in [0.1, 0.15) is 39.5 Å². The van der Waals surface area contributed by atoms with Crippen molar-refractivity contribution in [2.45, 2.75) is 51.7 Å². The summed E-state index contributed by atoms with van der Waals surface area (Å²) in [5.41, 5.74) is 0. The Morgan fingerprint density at radius 3 is 1.46 bits per heavy atom. The first-order valence-corrected chi connectivity index (χ1v) is 9.60. The zero-order chi connectivity index (χ0) is 21.0. The van der Waals surface area contributed by atoms with E-state index in [1.165, 1.54) is 12.2 Å². The Kier molecular flexibility index (Phi) is 17.5. The summed E-state index contributed by atoms with van der Waals surface area (Å²) in [5, 5.41) is 19.2. The van der Waals surface area contributed by atoms with Gasteiger partial charge in [0.15, 0.2) is 0 Å². The van der Waals surface area contributed by atoms with Gasteiger partial charge in [-0.15, -0.1) is 0 Å². The van der Waals surface area contributed by atoms with Crippen LogP contribution < -0.4 is 0 Å². The third kappa shape index (κ3) is 17.7. The number of hydrogen-bond donors (Lipinski definition) is 2. The predicted molar refractivity (Wildman–Crippen MR) is 104 cm³/mol. The maximum Gasteiger partial charge on any atom is 0.330 e. The smallest absolute Gasteiger partial charge is 0.330 e. The Bertz CT molecular complexity index is 419. The van der Waals surface area contributed by atoms with Gasteiger partial charge >= 0.3 is 11.9 Å². The Balaban J connectivity index is 3.39. The molecular weight excluding hydrogens is 368 g/mol. The molecule has 28 heavy (non-hydrogen) atoms. The average Bonchev–Trinajstić information content (AvgIpc) is 2.66. The molecule has 0 bridgehead atoms. The highest BCUT2D eigenvalue weighted by atomic mass is 16.6. The van der Waals surface area contributed by atoms with Crippen molar-refractivity contribution in [3.8, 4) is 0 Å². The maximum absolute atomic E-state index is 11.1. The van der Waals surface area contributed by atoms with Crippen molar-refractivity contribution in [3.05, 3.63) is 24.3 Å². The fraction of sp³-hybridized carbons (Fsp3) is 0.700. The molecule has 0 radical (unpaired) electrons. The molecule has 0 aliphatic heterocycles. The van der Waals surface area contributed by atoms with Crippen molar-refractivity contribution in [1.29, 1.82) is 0 Å². The summed E-state index contributed by atoms with van der Waals surface area (Å²) in [7, 11) is 0. The van der Waals surface area contributed by atoms with E-state index in [1.807, 2.05) is 0 Å². The third-order valence-electron chi connectivity index (χ3n) is 3.39. The van der Waals surface area contributed by atoms with E-state index >= 15 is 0 Å². The molecule has 0 aromatic rings. The SMILES string of the molecule is CC=CC(=O)OCC(O)COCCCCCCOCC(O)COC(=O)C=CC. The lowest BCUT2D eigenvalue weighted by Crippen LogP contribution is -2.23. The molecule has 0 aromatic carbocycles. The number of rotatable bonds is 17. The van der Waals surface area contributed by atoms with Crippen LogP contribution in [-0.4, -0.2) is 74.0 Å². The lowest BCUT2D eigenvalue weighted by atomic mass is 10.2. The Morgan fingerprint density at radius 2 is 1.11 bits per heavy atom. The normalized spacial score (nSPS) is 13.7. The molecular formula is C20H34O8. The molecule has 0 aromatic heterocycles. The van der Waals surface area contributed by atoms with Crippen LogP contribution in [0, 0.1) is 0 Å². The van der Waals surface area contributed by atoms with Crippen LogP contribution in [0.2, 0.25) is 0 Å². The fourth-order valence-corrected chi connectivity index (χ4v) is 2.02. The molecule has 0 spiro atoms. The summed E-state index contributed by atoms with van der Waals surface area (Å²) in [4.78, 5) is 22.2. The minimum absolute atomic E-state index is 0.0825. The van der Waals surface area contributed by atoms with Crippen molar-refractivity contribution in [2.75, 3.05) is 39.6 Å². The van der Waals surface area contributed by atoms with E-state index in [4.69, 9.17) is 18.9 Å². The van der Waals surface area contributed by atoms with Gasteiger partial charge in [0.1, 0.15) is 25.4 Å². The highest BCUT2D eigenvalue weighted by Gasteiger charge is 2.08. The monoisotopic (exact) mass is 402 g/mol. The van der Waals surface area contributed by atoms with Crippen LogP contribution in [0.15, 0.2) is 24.3 Å². The van der Waals surface area contributed by atoms with Crippen molar-refractivity contribution < 1.29 is 38.7 Å². The highest BCUT2D eigenvalue weighted by molar-refractivity contribution is 5.82. The van der Waals surface area contributed by atoms with Crippen LogP contribution in [0.5, 0.6) is 0 Å². The number of carbonyl (C=O) groups excluding carboxylic acids is 2. The van der Waals surface area contributed by atoms with Crippen LogP contribution >= 0.6 is 0 Å². The predicted octanol–water partition coefficient (Wildman–Crippen LogP) is 1.54. The number of aliphatic hydroxyl groups is 2. The second-order valence-electron chi connectivity index (χ2n) is 6.13. The van der Waals surface area contributed by atoms with E-state index in [9.17, 15) is 19.8 Å². The summed E-state index contributed by atoms with van der Waals surface area (Å²) in [6.07, 6.45) is 7.69. The first kappa shape index (κ1) is 26.3. The van der Waals surface area contributed by atoms with E-state index in [-0.39, 0.29) is 26.4 Å². The number of esters is 2. The van der Waals surface area contributed by atoms with E-state index in [0.29, 0.717) is 13.2 Å². The average molecular weight is 402 g/mol. The zero-order valence-corrected chi connectivity index (χ0v) is 16.9. The largest absolute Gasteiger partial charge is 0.460 e. The third-order valence-corrected chi connectivity index (χ3v) is 3.39. The van der Waals surface area contributed by atoms with E-state index < -0.39 is 24.1 Å². The van der Waals surface area contributed by atoms with Gasteiger partial charge in [0.2, 0.25) is 0 Å². The number of hydrogen-bond acceptors (Lipinski definition) is 8. The molecule has 0 saturated heterocycles. The van der Waals surface area contributed by atoms with Gasteiger partial charge in [0.05, 0.1) is 13.2 Å². The number of allylic oxidation sites excluding steroid dienone is 2. The highest BCUT2D eigenvalue weighted by Crippen LogP contribution is 2.02. The minimum Gasteiger partial charge on any atom is -0.460 e. The molecule has 8 heteroatoms. The van der Waals surface area contributed by atoms with Crippen molar-refractivity contribution in [3.63, 3.8) is 0 Å². The minimum atomic E-state index is -0.827. The molecule has 8 nitrogen and oxygen atoms in total. The van der Waals surface area contributed by atoms with Gasteiger partial charge in [0.25, 0.3) is 0 Å². The van der Waals surface area contributed by atoms with Crippen LogP contribution in [0.25, 0.3) is 0 Å². The molecule has 0 aliphatic carbocycles. The number of aliphatic hydroxyl groups excluding tert-OH is 2. The summed E-state index contributed by atoms with van der Waals surface area (Å²) in [5.74, 6) is -0.961. The molecule has 162 valence electrons. The van der Waals surface area contributed by atoms with Crippen LogP contribution in [0.4, 0.5) is 0 Å². The van der Waals surface area contributed by atoms with Gasteiger partial charge in [0, 0.05) is 25.4 Å². The first-order valence-electron chi connectivity index (χ1n) is 9.60. The summed E-state index contributed by atoms with van der Waals surface area (Å²) >= 11 is 0. The van der Waals surface area contributed by atoms with Crippen LogP contribution in [-0.2, 0) is 28.5 Å². The zero-order valence-electron chi connectivity index (χ0n) is 16.9. The van der Waals surface area contributed by atoms with Crippen molar-refractivity contribution in [2.24, 2.45) is 0 Å². The molecule has 0 aliphatic rings. The van der Waals surface area contributed by atoms with Crippen LogP contribution in [0.3, 0.4) is 0 Å². The topological polar surface area (TPSA) is 112 Å². The maximum atomic E-state index is 11.1. The quantitative estimate of drug-likeness (QED) is 0.214. The standard InChI is InChI=1S/C20H34O8/c1-3-9-19(23)27-15-17(21)13-25-11-7-5-6-8-12-26-14-18(22)16-28-20(24)10-4-2/h3-4,9-10,17-18,21-22H,5-8,11-16H2,1-2H3. The van der Waals surface area contributed by atoms with Gasteiger partial charge in [-0.2, -0.15) is 0 Å². The van der Waals surface area contributed by atoms with Gasteiger partial charge in [-0.3, -0.25) is 0 Å².